The van der Waals surface area contributed by atoms with Crippen LogP contribution in [0.25, 0.3) is 0 Å². The first kappa shape index (κ1) is 46.4. The lowest BCUT2D eigenvalue weighted by molar-refractivity contribution is -0.148. The van der Waals surface area contributed by atoms with Crippen LogP contribution in [-0.2, 0) is 28.7 Å². The number of urea groups is 1. The number of rotatable bonds is 20. The monoisotopic (exact) mass is 760 g/mol. The van der Waals surface area contributed by atoms with Gasteiger partial charge in [-0.1, -0.05) is 78.3 Å². The van der Waals surface area contributed by atoms with Gasteiger partial charge >= 0.3 is 12.0 Å². The van der Waals surface area contributed by atoms with Gasteiger partial charge in [0.2, 0.25) is 17.7 Å². The minimum Gasteiger partial charge on any atom is -0.480 e. The molecule has 1 fully saturated rings. The molecule has 3 N–H and O–H groups in total. The Morgan fingerprint density at radius 3 is 1.96 bits per heavy atom. The molecule has 54 heavy (non-hydrogen) atoms. The van der Waals surface area contributed by atoms with E-state index in [1.54, 1.807) is 35.6 Å². The van der Waals surface area contributed by atoms with Crippen LogP contribution in [0.4, 0.5) is 4.79 Å². The summed E-state index contributed by atoms with van der Waals surface area (Å²) in [6.07, 6.45) is 0.660. The third-order valence-corrected chi connectivity index (χ3v) is 11.2. The maximum Gasteiger partial charge on any atom is 0.326 e. The normalized spacial score (nSPS) is 19.0. The maximum atomic E-state index is 14.2. The molecule has 1 heterocycles. The van der Waals surface area contributed by atoms with E-state index in [0.717, 1.165) is 5.56 Å². The molecule has 9 atom stereocenters. The third-order valence-electron chi connectivity index (χ3n) is 11.2. The number of likely N-dealkylation sites (N-methyl/N-ethyl adjacent to an activating group) is 1. The van der Waals surface area contributed by atoms with E-state index in [9.17, 15) is 29.1 Å². The van der Waals surface area contributed by atoms with Gasteiger partial charge in [0, 0.05) is 45.8 Å². The van der Waals surface area contributed by atoms with Crippen molar-refractivity contribution >= 4 is 29.7 Å². The first-order valence-electron chi connectivity index (χ1n) is 19.6. The number of benzene rings is 1. The highest BCUT2D eigenvalue weighted by Gasteiger charge is 2.43. The zero-order chi connectivity index (χ0) is 41.0. The first-order chi connectivity index (χ1) is 25.3. The molecule has 0 spiro atoms. The topological polar surface area (TPSA) is 158 Å². The predicted molar refractivity (Wildman–Crippen MR) is 210 cm³/mol. The number of nitrogens with one attached hydrogen (secondary N) is 2. The minimum atomic E-state index is -1.16. The number of aliphatic carboxylic acids is 1. The second kappa shape index (κ2) is 21.4. The molecule has 0 bridgehead atoms. The summed E-state index contributed by atoms with van der Waals surface area (Å²) < 4.78 is 11.9. The van der Waals surface area contributed by atoms with Crippen LogP contribution in [0.1, 0.15) is 106 Å². The van der Waals surface area contributed by atoms with Gasteiger partial charge in [-0.2, -0.15) is 0 Å². The van der Waals surface area contributed by atoms with Crippen LogP contribution in [0.3, 0.4) is 0 Å². The molecule has 1 aliphatic rings. The molecule has 1 aromatic rings. The lowest BCUT2D eigenvalue weighted by Crippen LogP contribution is -2.60. The molecule has 0 radical (unpaired) electrons. The molecule has 0 saturated carbocycles. The molecule has 0 aromatic heterocycles. The number of nitrogens with zero attached hydrogens (tertiary/aromatic N) is 3. The summed E-state index contributed by atoms with van der Waals surface area (Å²) in [6.45, 7) is 19.5. The summed E-state index contributed by atoms with van der Waals surface area (Å²) in [5, 5.41) is 15.8. The molecule has 1 aromatic carbocycles. The fraction of sp³-hybridized carbons (Fsp3) is 0.732. The number of hydrogen-bond acceptors (Lipinski definition) is 7. The van der Waals surface area contributed by atoms with Crippen LogP contribution >= 0.6 is 0 Å². The Kier molecular flexibility index (Phi) is 18.4. The smallest absolute Gasteiger partial charge is 0.326 e. The standard InChI is InChI=1S/C41H69N5O8/c1-14-27(8)36(44(11)39(49)34(24(2)3)43-41(52)46(25(4)5)26(6)7)32(53-12)23-33(47)45-22-18-21-31(45)37(54-13)29(10)38(48)42-35(40(50)51)28(9)30-19-16-15-17-20-30/h15-17,19-20,24-29,31-32,34-37H,14,18,21-23H2,1-13H3,(H,42,48)(H,43,52)(H,50,51)/t27-,28?,29+,31-,32+,34-,35?,36-,37+/m0/s1. The second-order valence-corrected chi connectivity index (χ2v) is 15.9. The van der Waals surface area contributed by atoms with Gasteiger partial charge < -0.3 is 39.9 Å². The van der Waals surface area contributed by atoms with E-state index in [-0.39, 0.29) is 48.2 Å². The Balaban J connectivity index is 2.29. The number of carboxylic acids is 1. The number of carbonyl (C=O) groups excluding carboxylic acids is 4. The van der Waals surface area contributed by atoms with Crippen molar-refractivity contribution in [2.75, 3.05) is 27.8 Å². The average molecular weight is 760 g/mol. The lowest BCUT2D eigenvalue weighted by atomic mass is 9.89. The molecule has 5 amide bonds. The summed E-state index contributed by atoms with van der Waals surface area (Å²) in [6, 6.07) is 5.88. The molecule has 2 unspecified atom stereocenters. The van der Waals surface area contributed by atoms with Crippen molar-refractivity contribution in [3.05, 3.63) is 35.9 Å². The Bertz CT molecular complexity index is 1370. The molecule has 13 nitrogen and oxygen atoms in total. The average Bonchev–Trinajstić information content (AvgIpc) is 3.61. The highest BCUT2D eigenvalue weighted by Crippen LogP contribution is 2.30. The van der Waals surface area contributed by atoms with Gasteiger partial charge in [0.25, 0.3) is 0 Å². The van der Waals surface area contributed by atoms with Crippen LogP contribution in [0, 0.1) is 17.8 Å². The summed E-state index contributed by atoms with van der Waals surface area (Å²) in [5.41, 5.74) is 0.790. The van der Waals surface area contributed by atoms with Crippen LogP contribution in [0.5, 0.6) is 0 Å². The van der Waals surface area contributed by atoms with Crippen LogP contribution in [0.15, 0.2) is 30.3 Å². The Morgan fingerprint density at radius 2 is 1.48 bits per heavy atom. The summed E-state index contributed by atoms with van der Waals surface area (Å²) in [7, 11) is 4.75. The fourth-order valence-electron chi connectivity index (χ4n) is 7.95. The van der Waals surface area contributed by atoms with E-state index in [1.807, 2.05) is 85.7 Å². The van der Waals surface area contributed by atoms with Gasteiger partial charge in [-0.05, 0) is 57.9 Å². The molecule has 0 aliphatic carbocycles. The van der Waals surface area contributed by atoms with Crippen LogP contribution in [-0.4, -0.2) is 126 Å². The van der Waals surface area contributed by atoms with Crippen molar-refractivity contribution in [3.63, 3.8) is 0 Å². The van der Waals surface area contributed by atoms with Gasteiger partial charge in [-0.25, -0.2) is 9.59 Å². The second-order valence-electron chi connectivity index (χ2n) is 15.9. The van der Waals surface area contributed by atoms with Crippen molar-refractivity contribution in [2.24, 2.45) is 17.8 Å². The number of amides is 5. The largest absolute Gasteiger partial charge is 0.480 e. The Morgan fingerprint density at radius 1 is 0.889 bits per heavy atom. The van der Waals surface area contributed by atoms with Gasteiger partial charge in [-0.15, -0.1) is 0 Å². The summed E-state index contributed by atoms with van der Waals surface area (Å²) >= 11 is 0. The number of likely N-dealkylation sites (tertiary alicyclic amines) is 1. The van der Waals surface area contributed by atoms with E-state index in [0.29, 0.717) is 25.8 Å². The van der Waals surface area contributed by atoms with Gasteiger partial charge in [0.15, 0.2) is 0 Å². The number of carboxylic acid groups (broad SMARTS) is 1. The molecule has 1 saturated heterocycles. The Labute approximate surface area is 323 Å². The van der Waals surface area contributed by atoms with E-state index in [2.05, 4.69) is 10.6 Å². The Hall–Kier alpha value is -3.71. The van der Waals surface area contributed by atoms with Gasteiger partial charge in [-0.3, -0.25) is 14.4 Å². The minimum absolute atomic E-state index is 0.0144. The van der Waals surface area contributed by atoms with Crippen molar-refractivity contribution in [3.8, 4) is 0 Å². The molecule has 2 rings (SSSR count). The van der Waals surface area contributed by atoms with Crippen molar-refractivity contribution in [2.45, 2.75) is 149 Å². The van der Waals surface area contributed by atoms with Crippen molar-refractivity contribution in [1.29, 1.82) is 0 Å². The zero-order valence-corrected chi connectivity index (χ0v) is 35.0. The van der Waals surface area contributed by atoms with Crippen molar-refractivity contribution in [1.82, 2.24) is 25.3 Å². The quantitative estimate of drug-likeness (QED) is 0.165. The van der Waals surface area contributed by atoms with E-state index >= 15 is 0 Å². The number of carbonyl (C=O) groups is 5. The number of hydrogen-bond donors (Lipinski definition) is 3. The summed E-state index contributed by atoms with van der Waals surface area (Å²) in [5.74, 6) is -3.56. The third kappa shape index (κ3) is 11.6. The van der Waals surface area contributed by atoms with Gasteiger partial charge in [0.1, 0.15) is 12.1 Å². The molecule has 1 aliphatic heterocycles. The SMILES string of the molecule is CC[C@H](C)[C@@H]([C@@H](CC(=O)N1CCC[C@H]1[C@H](OC)[C@@H](C)C(=O)NC(C(=O)O)C(C)c1ccccc1)OC)N(C)C(=O)[C@@H](NC(=O)N(C(C)C)C(C)C)C(C)C. The predicted octanol–water partition coefficient (Wildman–Crippen LogP) is 5.13. The van der Waals surface area contributed by atoms with E-state index in [4.69, 9.17) is 9.47 Å². The molecular weight excluding hydrogens is 690 g/mol. The highest BCUT2D eigenvalue weighted by molar-refractivity contribution is 5.88. The molecule has 13 heteroatoms. The van der Waals surface area contributed by atoms with Crippen LogP contribution < -0.4 is 10.6 Å². The first-order valence-corrected chi connectivity index (χ1v) is 19.6. The maximum absolute atomic E-state index is 14.2. The number of ether oxygens (including phenoxy) is 2. The van der Waals surface area contributed by atoms with E-state index < -0.39 is 60.1 Å². The fourth-order valence-corrected chi connectivity index (χ4v) is 7.95. The summed E-state index contributed by atoms with van der Waals surface area (Å²) in [4.78, 5) is 72.8. The molecular formula is C41H69N5O8. The zero-order valence-electron chi connectivity index (χ0n) is 35.0. The molecule has 306 valence electrons. The van der Waals surface area contributed by atoms with E-state index in [1.165, 1.54) is 14.2 Å². The van der Waals surface area contributed by atoms with Crippen LogP contribution in [0.2, 0.25) is 0 Å². The lowest BCUT2D eigenvalue weighted by Gasteiger charge is -2.41. The number of methoxy groups -OCH3 is 2. The highest BCUT2D eigenvalue weighted by atomic mass is 16.5. The van der Waals surface area contributed by atoms with Gasteiger partial charge in [0.05, 0.1) is 36.6 Å². The van der Waals surface area contributed by atoms with Crippen molar-refractivity contribution < 1.29 is 38.6 Å².